The molecule has 3 rings (SSSR count). The number of fused-ring (bicyclic) bond motifs is 2. The molecule has 0 aromatic rings. The van der Waals surface area contributed by atoms with Crippen molar-refractivity contribution in [2.45, 2.75) is 77.2 Å². The Kier molecular flexibility index (Phi) is 4.28. The molecule has 2 bridgehead atoms. The quantitative estimate of drug-likeness (QED) is 0.763. The van der Waals surface area contributed by atoms with Gasteiger partial charge in [0.15, 0.2) is 0 Å². The van der Waals surface area contributed by atoms with Crippen LogP contribution in [0.3, 0.4) is 0 Å². The summed E-state index contributed by atoms with van der Waals surface area (Å²) in [7, 11) is 0. The highest BCUT2D eigenvalue weighted by atomic mass is 14.9. The highest BCUT2D eigenvalue weighted by molar-refractivity contribution is 4.93. The first-order valence-electron chi connectivity index (χ1n) is 8.60. The van der Waals surface area contributed by atoms with Gasteiger partial charge in [-0.2, -0.15) is 0 Å². The van der Waals surface area contributed by atoms with Gasteiger partial charge in [0, 0.05) is 6.04 Å². The molecule has 1 N–H and O–H groups in total. The van der Waals surface area contributed by atoms with Crippen LogP contribution in [0.1, 0.15) is 71.1 Å². The van der Waals surface area contributed by atoms with Gasteiger partial charge in [-0.15, -0.1) is 0 Å². The zero-order chi connectivity index (χ0) is 12.4. The summed E-state index contributed by atoms with van der Waals surface area (Å²) >= 11 is 0. The van der Waals surface area contributed by atoms with Crippen molar-refractivity contribution in [1.29, 1.82) is 0 Å². The first-order valence-corrected chi connectivity index (χ1v) is 8.60. The molecule has 1 heteroatoms. The van der Waals surface area contributed by atoms with Crippen LogP contribution in [0.4, 0.5) is 0 Å². The van der Waals surface area contributed by atoms with E-state index in [9.17, 15) is 0 Å². The first kappa shape index (κ1) is 13.0. The number of hydrogen-bond acceptors (Lipinski definition) is 1. The smallest absolute Gasteiger partial charge is 0.00954 e. The molecule has 3 aliphatic rings. The molecule has 3 saturated carbocycles. The third kappa shape index (κ3) is 2.76. The summed E-state index contributed by atoms with van der Waals surface area (Å²) in [6.07, 6.45) is 15.1. The molecule has 0 radical (unpaired) electrons. The molecule has 0 aromatic heterocycles. The largest absolute Gasteiger partial charge is 0.314 e. The zero-order valence-corrected chi connectivity index (χ0v) is 12.2. The molecule has 0 spiro atoms. The lowest BCUT2D eigenvalue weighted by atomic mass is 9.75. The average molecular weight is 249 g/mol. The van der Waals surface area contributed by atoms with Gasteiger partial charge in [0.1, 0.15) is 0 Å². The van der Waals surface area contributed by atoms with Gasteiger partial charge in [-0.05, 0) is 75.2 Å². The molecule has 3 fully saturated rings. The second-order valence-electron chi connectivity index (χ2n) is 7.28. The van der Waals surface area contributed by atoms with Gasteiger partial charge in [-0.3, -0.25) is 0 Å². The van der Waals surface area contributed by atoms with E-state index in [-0.39, 0.29) is 0 Å². The molecule has 0 aromatic carbocycles. The third-order valence-electron chi connectivity index (χ3n) is 6.06. The fraction of sp³-hybridized carbons (Fsp3) is 1.00. The van der Waals surface area contributed by atoms with E-state index in [2.05, 4.69) is 12.2 Å². The Morgan fingerprint density at radius 1 is 0.944 bits per heavy atom. The third-order valence-corrected chi connectivity index (χ3v) is 6.06. The summed E-state index contributed by atoms with van der Waals surface area (Å²) in [4.78, 5) is 0. The predicted molar refractivity (Wildman–Crippen MR) is 77.6 cm³/mol. The predicted octanol–water partition coefficient (Wildman–Crippen LogP) is 4.37. The molecular weight excluding hydrogens is 218 g/mol. The molecular formula is C17H31N. The van der Waals surface area contributed by atoms with Gasteiger partial charge >= 0.3 is 0 Å². The summed E-state index contributed by atoms with van der Waals surface area (Å²) in [5.74, 6) is 4.38. The Labute approximate surface area is 113 Å². The van der Waals surface area contributed by atoms with Gasteiger partial charge < -0.3 is 5.32 Å². The fourth-order valence-corrected chi connectivity index (χ4v) is 5.14. The highest BCUT2D eigenvalue weighted by Gasteiger charge is 2.41. The second-order valence-corrected chi connectivity index (χ2v) is 7.28. The van der Waals surface area contributed by atoms with Gasteiger partial charge in [0.05, 0.1) is 0 Å². The van der Waals surface area contributed by atoms with Crippen LogP contribution in [0.15, 0.2) is 0 Å². The maximum atomic E-state index is 3.84. The van der Waals surface area contributed by atoms with Crippen LogP contribution in [0, 0.1) is 23.7 Å². The first-order chi connectivity index (χ1) is 8.86. The van der Waals surface area contributed by atoms with E-state index in [1.807, 2.05) is 0 Å². The van der Waals surface area contributed by atoms with Crippen molar-refractivity contribution in [2.75, 3.05) is 6.54 Å². The Balaban J connectivity index is 1.52. The van der Waals surface area contributed by atoms with Crippen LogP contribution in [0.2, 0.25) is 0 Å². The lowest BCUT2D eigenvalue weighted by Gasteiger charge is -2.36. The number of hydrogen-bond donors (Lipinski definition) is 1. The van der Waals surface area contributed by atoms with Crippen LogP contribution in [0.25, 0.3) is 0 Å². The van der Waals surface area contributed by atoms with Crippen LogP contribution in [0.5, 0.6) is 0 Å². The second kappa shape index (κ2) is 5.94. The van der Waals surface area contributed by atoms with Crippen molar-refractivity contribution in [1.82, 2.24) is 5.32 Å². The summed E-state index contributed by atoms with van der Waals surface area (Å²) in [5.41, 5.74) is 0. The molecule has 0 heterocycles. The van der Waals surface area contributed by atoms with Crippen molar-refractivity contribution >= 4 is 0 Å². The minimum atomic E-state index is 0.859. The van der Waals surface area contributed by atoms with Crippen molar-refractivity contribution < 1.29 is 0 Å². The maximum Gasteiger partial charge on any atom is 0.00954 e. The fourth-order valence-electron chi connectivity index (χ4n) is 5.14. The van der Waals surface area contributed by atoms with Crippen LogP contribution >= 0.6 is 0 Å². The summed E-state index contributed by atoms with van der Waals surface area (Å²) in [6.45, 7) is 3.53. The molecule has 5 unspecified atom stereocenters. The van der Waals surface area contributed by atoms with Gasteiger partial charge in [0.2, 0.25) is 0 Å². The lowest BCUT2D eigenvalue weighted by molar-refractivity contribution is 0.188. The van der Waals surface area contributed by atoms with Crippen LogP contribution < -0.4 is 5.32 Å². The summed E-state index contributed by atoms with van der Waals surface area (Å²) in [6, 6.07) is 0.859. The molecule has 0 aliphatic heterocycles. The summed E-state index contributed by atoms with van der Waals surface area (Å²) in [5, 5.41) is 3.84. The van der Waals surface area contributed by atoms with Gasteiger partial charge in [-0.1, -0.05) is 26.2 Å². The van der Waals surface area contributed by atoms with E-state index in [0.29, 0.717) is 0 Å². The van der Waals surface area contributed by atoms with Crippen LogP contribution in [-0.2, 0) is 0 Å². The van der Waals surface area contributed by atoms with E-state index < -0.39 is 0 Å². The standard InChI is InChI=1S/C17H31N/c1-2-9-18-17-6-4-3-5-15(17)12-16-11-13-7-8-14(16)10-13/h13-18H,2-12H2,1H3. The highest BCUT2D eigenvalue weighted by Crippen LogP contribution is 2.51. The van der Waals surface area contributed by atoms with Gasteiger partial charge in [0.25, 0.3) is 0 Å². The van der Waals surface area contributed by atoms with E-state index in [1.165, 1.54) is 38.6 Å². The molecule has 5 atom stereocenters. The zero-order valence-electron chi connectivity index (χ0n) is 12.2. The maximum absolute atomic E-state index is 3.84. The van der Waals surface area contributed by atoms with Crippen molar-refractivity contribution in [2.24, 2.45) is 23.7 Å². The van der Waals surface area contributed by atoms with Crippen LogP contribution in [-0.4, -0.2) is 12.6 Å². The minimum absolute atomic E-state index is 0.859. The van der Waals surface area contributed by atoms with Gasteiger partial charge in [-0.25, -0.2) is 0 Å². The number of nitrogens with one attached hydrogen (secondary N) is 1. The SMILES string of the molecule is CCCNC1CCCCC1CC1CC2CCC1C2. The Morgan fingerprint density at radius 2 is 1.83 bits per heavy atom. The lowest BCUT2D eigenvalue weighted by Crippen LogP contribution is -2.40. The average Bonchev–Trinajstić information content (AvgIpc) is 3.00. The molecule has 3 aliphatic carbocycles. The van der Waals surface area contributed by atoms with E-state index >= 15 is 0 Å². The van der Waals surface area contributed by atoms with Crippen molar-refractivity contribution in [3.05, 3.63) is 0 Å². The molecule has 0 saturated heterocycles. The van der Waals surface area contributed by atoms with E-state index in [1.54, 1.807) is 32.1 Å². The monoisotopic (exact) mass is 249 g/mol. The Hall–Kier alpha value is -0.0400. The molecule has 104 valence electrons. The summed E-state index contributed by atoms with van der Waals surface area (Å²) < 4.78 is 0. The number of rotatable bonds is 5. The van der Waals surface area contributed by atoms with Crippen molar-refractivity contribution in [3.8, 4) is 0 Å². The van der Waals surface area contributed by atoms with E-state index in [0.717, 1.165) is 29.7 Å². The normalized spacial score (nSPS) is 43.5. The Morgan fingerprint density at radius 3 is 2.56 bits per heavy atom. The Bertz CT molecular complexity index is 262. The van der Waals surface area contributed by atoms with Crippen molar-refractivity contribution in [3.63, 3.8) is 0 Å². The minimum Gasteiger partial charge on any atom is -0.314 e. The topological polar surface area (TPSA) is 12.0 Å². The van der Waals surface area contributed by atoms with E-state index in [4.69, 9.17) is 0 Å². The molecule has 18 heavy (non-hydrogen) atoms. The molecule has 1 nitrogen and oxygen atoms in total. The molecule has 0 amide bonds.